The lowest BCUT2D eigenvalue weighted by Crippen LogP contribution is -2.25. The molecule has 4 nitrogen and oxygen atoms in total. The SMILES string of the molecule is CCN(CC)CCCNc1nnc(-c2ccc(F)cc2)s1. The predicted octanol–water partition coefficient (Wildman–Crippen LogP) is 3.49. The number of halogens is 1. The summed E-state index contributed by atoms with van der Waals surface area (Å²) in [7, 11) is 0. The molecule has 0 fully saturated rings. The van der Waals surface area contributed by atoms with Crippen LogP contribution in [0.1, 0.15) is 20.3 Å². The van der Waals surface area contributed by atoms with Gasteiger partial charge in [0.1, 0.15) is 10.8 Å². The predicted molar refractivity (Wildman–Crippen MR) is 86.2 cm³/mol. The molecule has 2 rings (SSSR count). The summed E-state index contributed by atoms with van der Waals surface area (Å²) in [6.07, 6.45) is 1.08. The van der Waals surface area contributed by atoms with Crippen LogP contribution in [0.25, 0.3) is 10.6 Å². The molecular formula is C15H21FN4S. The highest BCUT2D eigenvalue weighted by Gasteiger charge is 2.06. The van der Waals surface area contributed by atoms with E-state index in [0.717, 1.165) is 48.3 Å². The van der Waals surface area contributed by atoms with Crippen molar-refractivity contribution in [3.63, 3.8) is 0 Å². The van der Waals surface area contributed by atoms with Crippen LogP contribution in [0.3, 0.4) is 0 Å². The Bertz CT molecular complexity index is 537. The summed E-state index contributed by atoms with van der Waals surface area (Å²) in [5, 5.41) is 13.2. The standard InChI is InChI=1S/C15H21FN4S/c1-3-20(4-2)11-5-10-17-15-19-18-14(21-15)12-6-8-13(16)9-7-12/h6-9H,3-5,10-11H2,1-2H3,(H,17,19). The summed E-state index contributed by atoms with van der Waals surface area (Å²) >= 11 is 1.49. The fraction of sp³-hybridized carbons (Fsp3) is 0.467. The summed E-state index contributed by atoms with van der Waals surface area (Å²) in [6.45, 7) is 8.50. The fourth-order valence-electron chi connectivity index (χ4n) is 2.04. The minimum Gasteiger partial charge on any atom is -0.360 e. The molecule has 0 saturated carbocycles. The van der Waals surface area contributed by atoms with Gasteiger partial charge in [-0.3, -0.25) is 0 Å². The molecule has 0 bridgehead atoms. The zero-order chi connectivity index (χ0) is 15.1. The Hall–Kier alpha value is -1.53. The van der Waals surface area contributed by atoms with Gasteiger partial charge in [0, 0.05) is 12.1 Å². The van der Waals surface area contributed by atoms with Crippen LogP contribution in [-0.2, 0) is 0 Å². The molecule has 1 aromatic carbocycles. The van der Waals surface area contributed by atoms with Crippen molar-refractivity contribution in [3.8, 4) is 10.6 Å². The van der Waals surface area contributed by atoms with E-state index in [1.165, 1.54) is 23.5 Å². The van der Waals surface area contributed by atoms with E-state index in [1.807, 2.05) is 0 Å². The van der Waals surface area contributed by atoms with Crippen molar-refractivity contribution in [2.75, 3.05) is 31.5 Å². The van der Waals surface area contributed by atoms with Crippen molar-refractivity contribution in [1.82, 2.24) is 15.1 Å². The van der Waals surface area contributed by atoms with Gasteiger partial charge in [0.25, 0.3) is 0 Å². The second-order valence-electron chi connectivity index (χ2n) is 4.73. The Kier molecular flexibility index (Phi) is 6.07. The van der Waals surface area contributed by atoms with Gasteiger partial charge in [-0.25, -0.2) is 4.39 Å². The van der Waals surface area contributed by atoms with Gasteiger partial charge in [0.2, 0.25) is 5.13 Å². The Labute approximate surface area is 129 Å². The van der Waals surface area contributed by atoms with Gasteiger partial charge in [-0.15, -0.1) is 10.2 Å². The topological polar surface area (TPSA) is 41.0 Å². The third kappa shape index (κ3) is 4.75. The first-order chi connectivity index (χ1) is 10.2. The summed E-state index contributed by atoms with van der Waals surface area (Å²) in [6, 6.07) is 6.32. The van der Waals surface area contributed by atoms with Crippen LogP contribution in [0.4, 0.5) is 9.52 Å². The maximum Gasteiger partial charge on any atom is 0.206 e. The first-order valence-electron chi connectivity index (χ1n) is 7.28. The number of benzene rings is 1. The third-order valence-corrected chi connectivity index (χ3v) is 4.27. The fourth-order valence-corrected chi connectivity index (χ4v) is 2.82. The number of hydrogen-bond acceptors (Lipinski definition) is 5. The summed E-state index contributed by atoms with van der Waals surface area (Å²) < 4.78 is 12.9. The molecule has 6 heteroatoms. The lowest BCUT2D eigenvalue weighted by molar-refractivity contribution is 0.303. The molecule has 2 aromatic rings. The van der Waals surface area contributed by atoms with E-state index in [9.17, 15) is 4.39 Å². The Balaban J connectivity index is 1.82. The number of rotatable bonds is 8. The molecule has 0 aliphatic heterocycles. The highest BCUT2D eigenvalue weighted by molar-refractivity contribution is 7.18. The number of hydrogen-bond donors (Lipinski definition) is 1. The molecule has 0 aliphatic carbocycles. The van der Waals surface area contributed by atoms with E-state index in [-0.39, 0.29) is 5.82 Å². The zero-order valence-corrected chi connectivity index (χ0v) is 13.3. The quantitative estimate of drug-likeness (QED) is 0.758. The van der Waals surface area contributed by atoms with Crippen LogP contribution in [0.2, 0.25) is 0 Å². The van der Waals surface area contributed by atoms with Crippen molar-refractivity contribution in [3.05, 3.63) is 30.1 Å². The average Bonchev–Trinajstić information content (AvgIpc) is 2.97. The molecule has 0 aliphatic rings. The van der Waals surface area contributed by atoms with Gasteiger partial charge in [-0.05, 0) is 50.3 Å². The molecule has 0 saturated heterocycles. The van der Waals surface area contributed by atoms with Crippen LogP contribution in [0.15, 0.2) is 24.3 Å². The van der Waals surface area contributed by atoms with Gasteiger partial charge in [0.05, 0.1) is 0 Å². The molecule has 0 spiro atoms. The van der Waals surface area contributed by atoms with Crippen LogP contribution in [0, 0.1) is 5.82 Å². The van der Waals surface area contributed by atoms with Gasteiger partial charge in [0.15, 0.2) is 0 Å². The maximum absolute atomic E-state index is 12.9. The normalized spacial score (nSPS) is 11.0. The Morgan fingerprint density at radius 1 is 1.14 bits per heavy atom. The van der Waals surface area contributed by atoms with Gasteiger partial charge < -0.3 is 10.2 Å². The number of nitrogens with zero attached hydrogens (tertiary/aromatic N) is 3. The summed E-state index contributed by atoms with van der Waals surface area (Å²) in [5.41, 5.74) is 0.894. The van der Waals surface area contributed by atoms with Crippen molar-refractivity contribution < 1.29 is 4.39 Å². The smallest absolute Gasteiger partial charge is 0.206 e. The maximum atomic E-state index is 12.9. The summed E-state index contributed by atoms with van der Waals surface area (Å²) in [4.78, 5) is 2.39. The van der Waals surface area contributed by atoms with E-state index < -0.39 is 0 Å². The second-order valence-corrected chi connectivity index (χ2v) is 5.70. The number of aromatic nitrogens is 2. The summed E-state index contributed by atoms with van der Waals surface area (Å²) in [5.74, 6) is -0.238. The molecule has 0 unspecified atom stereocenters. The van der Waals surface area contributed by atoms with Crippen LogP contribution in [-0.4, -0.2) is 41.3 Å². The van der Waals surface area contributed by atoms with Gasteiger partial charge in [-0.1, -0.05) is 25.2 Å². The molecule has 114 valence electrons. The van der Waals surface area contributed by atoms with E-state index >= 15 is 0 Å². The molecule has 1 heterocycles. The van der Waals surface area contributed by atoms with Gasteiger partial charge in [-0.2, -0.15) is 0 Å². The molecule has 21 heavy (non-hydrogen) atoms. The van der Waals surface area contributed by atoms with Crippen LogP contribution >= 0.6 is 11.3 Å². The molecule has 0 radical (unpaired) electrons. The van der Waals surface area contributed by atoms with E-state index in [2.05, 4.69) is 34.3 Å². The lowest BCUT2D eigenvalue weighted by Gasteiger charge is -2.17. The molecular weight excluding hydrogens is 287 g/mol. The van der Waals surface area contributed by atoms with E-state index in [0.29, 0.717) is 0 Å². The Morgan fingerprint density at radius 2 is 1.86 bits per heavy atom. The van der Waals surface area contributed by atoms with Gasteiger partial charge >= 0.3 is 0 Å². The monoisotopic (exact) mass is 308 g/mol. The van der Waals surface area contributed by atoms with Crippen molar-refractivity contribution >= 4 is 16.5 Å². The molecule has 0 atom stereocenters. The van der Waals surface area contributed by atoms with Crippen LogP contribution < -0.4 is 5.32 Å². The highest BCUT2D eigenvalue weighted by Crippen LogP contribution is 2.26. The minimum atomic E-state index is -0.238. The minimum absolute atomic E-state index is 0.238. The van der Waals surface area contributed by atoms with Crippen LogP contribution in [0.5, 0.6) is 0 Å². The average molecular weight is 308 g/mol. The van der Waals surface area contributed by atoms with Crippen molar-refractivity contribution in [2.45, 2.75) is 20.3 Å². The number of anilines is 1. The molecule has 1 aromatic heterocycles. The Morgan fingerprint density at radius 3 is 2.52 bits per heavy atom. The second kappa shape index (κ2) is 8.05. The zero-order valence-electron chi connectivity index (χ0n) is 12.5. The van der Waals surface area contributed by atoms with Crippen molar-refractivity contribution in [1.29, 1.82) is 0 Å². The first-order valence-corrected chi connectivity index (χ1v) is 8.10. The third-order valence-electron chi connectivity index (χ3n) is 3.34. The van der Waals surface area contributed by atoms with E-state index in [4.69, 9.17) is 0 Å². The highest BCUT2D eigenvalue weighted by atomic mass is 32.1. The lowest BCUT2D eigenvalue weighted by atomic mass is 10.2. The molecule has 1 N–H and O–H groups in total. The first kappa shape index (κ1) is 15.9. The molecule has 0 amide bonds. The number of nitrogens with one attached hydrogen (secondary N) is 1. The van der Waals surface area contributed by atoms with Crippen molar-refractivity contribution in [2.24, 2.45) is 0 Å². The largest absolute Gasteiger partial charge is 0.360 e. The van der Waals surface area contributed by atoms with E-state index in [1.54, 1.807) is 12.1 Å².